The van der Waals surface area contributed by atoms with Gasteiger partial charge in [-0.3, -0.25) is 0 Å². The number of nitrogens with one attached hydrogen (secondary N) is 1. The van der Waals surface area contributed by atoms with E-state index in [9.17, 15) is 0 Å². The lowest BCUT2D eigenvalue weighted by atomic mass is 9.81. The Bertz CT molecular complexity index is 132. The van der Waals surface area contributed by atoms with Gasteiger partial charge in [0.15, 0.2) is 0 Å². The molecule has 0 aliphatic carbocycles. The molecule has 2 unspecified atom stereocenters. The third kappa shape index (κ3) is 2.20. The minimum Gasteiger partial charge on any atom is -0.328 e. The molecule has 1 fully saturated rings. The van der Waals surface area contributed by atoms with Crippen LogP contribution in [-0.4, -0.2) is 18.1 Å². The molecule has 12 heavy (non-hydrogen) atoms. The van der Waals surface area contributed by atoms with Crippen LogP contribution in [0.15, 0.2) is 0 Å². The van der Waals surface area contributed by atoms with E-state index >= 15 is 0 Å². The fraction of sp³-hybridized carbons (Fsp3) is 1.00. The quantitative estimate of drug-likeness (QED) is 0.676. The molecular formula is C10H22N2. The van der Waals surface area contributed by atoms with Crippen LogP contribution in [-0.2, 0) is 0 Å². The van der Waals surface area contributed by atoms with Crippen LogP contribution < -0.4 is 11.1 Å². The Balaban J connectivity index is 2.51. The number of rotatable bonds is 3. The summed E-state index contributed by atoms with van der Waals surface area (Å²) >= 11 is 0. The molecule has 1 rings (SSSR count). The van der Waals surface area contributed by atoms with Crippen molar-refractivity contribution in [2.45, 2.75) is 57.5 Å². The van der Waals surface area contributed by atoms with Crippen LogP contribution in [0.2, 0.25) is 0 Å². The molecule has 0 aromatic carbocycles. The summed E-state index contributed by atoms with van der Waals surface area (Å²) in [7, 11) is 0. The van der Waals surface area contributed by atoms with E-state index in [0.717, 1.165) is 19.4 Å². The molecule has 0 amide bonds. The van der Waals surface area contributed by atoms with Crippen LogP contribution in [0.3, 0.4) is 0 Å². The Kier molecular flexibility index (Phi) is 3.53. The molecular weight excluding hydrogens is 148 g/mol. The highest BCUT2D eigenvalue weighted by Gasteiger charge is 2.31. The van der Waals surface area contributed by atoms with E-state index in [1.807, 2.05) is 0 Å². The number of hydrogen-bond donors (Lipinski definition) is 2. The monoisotopic (exact) mass is 170 g/mol. The summed E-state index contributed by atoms with van der Waals surface area (Å²) in [5.41, 5.74) is 6.34. The van der Waals surface area contributed by atoms with Gasteiger partial charge in [-0.15, -0.1) is 0 Å². The summed E-state index contributed by atoms with van der Waals surface area (Å²) in [5, 5.41) is 3.63. The highest BCUT2D eigenvalue weighted by Crippen LogP contribution is 2.26. The van der Waals surface area contributed by atoms with E-state index in [-0.39, 0.29) is 0 Å². The molecule has 1 saturated heterocycles. The second-order valence-corrected chi connectivity index (χ2v) is 4.06. The Labute approximate surface area is 75.9 Å². The maximum absolute atomic E-state index is 5.98. The highest BCUT2D eigenvalue weighted by molar-refractivity contribution is 4.93. The van der Waals surface area contributed by atoms with E-state index in [1.54, 1.807) is 0 Å². The van der Waals surface area contributed by atoms with Crippen molar-refractivity contribution in [1.82, 2.24) is 5.32 Å². The minimum atomic E-state index is 0.367. The molecule has 2 nitrogen and oxygen atoms in total. The van der Waals surface area contributed by atoms with Gasteiger partial charge in [0, 0.05) is 11.6 Å². The first kappa shape index (κ1) is 10.0. The van der Waals surface area contributed by atoms with Gasteiger partial charge in [0.1, 0.15) is 0 Å². The third-order valence-corrected chi connectivity index (χ3v) is 3.07. The SMILES string of the molecule is CCCC1(CC)CC(N)CCN1. The normalized spacial score (nSPS) is 36.8. The fourth-order valence-corrected chi connectivity index (χ4v) is 2.31. The minimum absolute atomic E-state index is 0.367. The van der Waals surface area contributed by atoms with Crippen molar-refractivity contribution in [1.29, 1.82) is 0 Å². The third-order valence-electron chi connectivity index (χ3n) is 3.07. The smallest absolute Gasteiger partial charge is 0.0193 e. The highest BCUT2D eigenvalue weighted by atomic mass is 15.0. The van der Waals surface area contributed by atoms with E-state index in [0.29, 0.717) is 11.6 Å². The maximum Gasteiger partial charge on any atom is 0.0193 e. The Hall–Kier alpha value is -0.0800. The molecule has 1 aliphatic heterocycles. The average Bonchev–Trinajstić information content (AvgIpc) is 2.05. The number of hydrogen-bond acceptors (Lipinski definition) is 2. The van der Waals surface area contributed by atoms with Gasteiger partial charge in [0.2, 0.25) is 0 Å². The summed E-state index contributed by atoms with van der Waals surface area (Å²) in [6, 6.07) is 0.428. The summed E-state index contributed by atoms with van der Waals surface area (Å²) in [4.78, 5) is 0. The first-order chi connectivity index (χ1) is 5.72. The largest absolute Gasteiger partial charge is 0.328 e. The second kappa shape index (κ2) is 4.24. The van der Waals surface area contributed by atoms with Crippen molar-refractivity contribution in [2.24, 2.45) is 5.73 Å². The number of nitrogens with two attached hydrogens (primary N) is 1. The fourth-order valence-electron chi connectivity index (χ4n) is 2.31. The van der Waals surface area contributed by atoms with Gasteiger partial charge in [-0.1, -0.05) is 20.3 Å². The molecule has 0 aromatic heterocycles. The van der Waals surface area contributed by atoms with Crippen LogP contribution in [0.4, 0.5) is 0 Å². The molecule has 1 aliphatic rings. The molecule has 0 radical (unpaired) electrons. The first-order valence-corrected chi connectivity index (χ1v) is 5.23. The van der Waals surface area contributed by atoms with Crippen molar-refractivity contribution >= 4 is 0 Å². The van der Waals surface area contributed by atoms with Gasteiger partial charge in [-0.25, -0.2) is 0 Å². The molecule has 72 valence electrons. The molecule has 3 N–H and O–H groups in total. The average molecular weight is 170 g/mol. The lowest BCUT2D eigenvalue weighted by Crippen LogP contribution is -2.54. The van der Waals surface area contributed by atoms with Crippen molar-refractivity contribution in [3.63, 3.8) is 0 Å². The van der Waals surface area contributed by atoms with E-state index in [1.165, 1.54) is 19.3 Å². The molecule has 0 spiro atoms. The van der Waals surface area contributed by atoms with Gasteiger partial charge in [0.25, 0.3) is 0 Å². The van der Waals surface area contributed by atoms with E-state index < -0.39 is 0 Å². The first-order valence-electron chi connectivity index (χ1n) is 5.23. The van der Waals surface area contributed by atoms with Crippen LogP contribution >= 0.6 is 0 Å². The van der Waals surface area contributed by atoms with Crippen molar-refractivity contribution in [3.8, 4) is 0 Å². The molecule has 2 atom stereocenters. The van der Waals surface area contributed by atoms with Crippen molar-refractivity contribution in [3.05, 3.63) is 0 Å². The summed E-state index contributed by atoms with van der Waals surface area (Å²) < 4.78 is 0. The summed E-state index contributed by atoms with van der Waals surface area (Å²) in [6.07, 6.45) is 6.06. The summed E-state index contributed by atoms with van der Waals surface area (Å²) in [6.45, 7) is 5.62. The van der Waals surface area contributed by atoms with Crippen LogP contribution in [0.5, 0.6) is 0 Å². The summed E-state index contributed by atoms with van der Waals surface area (Å²) in [5.74, 6) is 0. The van der Waals surface area contributed by atoms with Crippen LogP contribution in [0.25, 0.3) is 0 Å². The number of piperidine rings is 1. The van der Waals surface area contributed by atoms with E-state index in [4.69, 9.17) is 5.73 Å². The van der Waals surface area contributed by atoms with Gasteiger partial charge < -0.3 is 11.1 Å². The zero-order valence-corrected chi connectivity index (χ0v) is 8.40. The van der Waals surface area contributed by atoms with E-state index in [2.05, 4.69) is 19.2 Å². The van der Waals surface area contributed by atoms with Crippen molar-refractivity contribution < 1.29 is 0 Å². The molecule has 0 saturated carbocycles. The van der Waals surface area contributed by atoms with Crippen LogP contribution in [0, 0.1) is 0 Å². The molecule has 1 heterocycles. The second-order valence-electron chi connectivity index (χ2n) is 4.06. The van der Waals surface area contributed by atoms with Gasteiger partial charge >= 0.3 is 0 Å². The lowest BCUT2D eigenvalue weighted by molar-refractivity contribution is 0.208. The zero-order chi connectivity index (χ0) is 9.03. The topological polar surface area (TPSA) is 38.0 Å². The van der Waals surface area contributed by atoms with Crippen molar-refractivity contribution in [2.75, 3.05) is 6.54 Å². The predicted molar refractivity (Wildman–Crippen MR) is 53.1 cm³/mol. The van der Waals surface area contributed by atoms with Gasteiger partial charge in [-0.2, -0.15) is 0 Å². The molecule has 2 heteroatoms. The standard InChI is InChI=1S/C10H22N2/c1-3-6-10(4-2)8-9(11)5-7-12-10/h9,12H,3-8,11H2,1-2H3. The predicted octanol–water partition coefficient (Wildman–Crippen LogP) is 1.65. The Morgan fingerprint density at radius 2 is 2.25 bits per heavy atom. The Morgan fingerprint density at radius 1 is 1.50 bits per heavy atom. The molecule has 0 aromatic rings. The Morgan fingerprint density at radius 3 is 2.75 bits per heavy atom. The molecule has 0 bridgehead atoms. The maximum atomic E-state index is 5.98. The van der Waals surface area contributed by atoms with Crippen LogP contribution in [0.1, 0.15) is 46.0 Å². The van der Waals surface area contributed by atoms with Gasteiger partial charge in [0.05, 0.1) is 0 Å². The van der Waals surface area contributed by atoms with Gasteiger partial charge in [-0.05, 0) is 32.2 Å². The lowest BCUT2D eigenvalue weighted by Gasteiger charge is -2.40. The zero-order valence-electron chi connectivity index (χ0n) is 8.40.